The minimum atomic E-state index is -1.07. The molecule has 524 valence electrons. The van der Waals surface area contributed by atoms with E-state index in [4.69, 9.17) is 30.3 Å². The highest BCUT2D eigenvalue weighted by atomic mass is 16.6. The Morgan fingerprint density at radius 2 is 0.960 bits per heavy atom. The smallest absolute Gasteiger partial charge is 0.410 e. The summed E-state index contributed by atoms with van der Waals surface area (Å²) < 4.78 is 10.5. The van der Waals surface area contributed by atoms with Crippen molar-refractivity contribution in [3.63, 3.8) is 0 Å². The van der Waals surface area contributed by atoms with Gasteiger partial charge in [0.25, 0.3) is 11.8 Å². The molecule has 8 aromatic rings. The molecule has 4 N–H and O–H groups in total. The SMILES string of the molecule is CC(C)(C)OC(=O)NC1(C(=O)O)CC1.CN(C)C(=O)c1ccc(-c2c(CN3C(=O)C4(CCN(C(=O)C5(N)CC5)CC4)c4ccncc43)ncc3ccccc23)cn1.CN(C)C(=O)c1ccc(-c2c(CN3C(=O)C4(CCN(C(=O)OC(C)(C)C)CC4)c4ccncc43)ncc3ccccc23)cn1. The fraction of sp³-hybridized carbons (Fsp3) is 0.395. The normalized spacial score (nSPS) is 17.2. The van der Waals surface area contributed by atoms with Gasteiger partial charge in [0.15, 0.2) is 0 Å². The lowest BCUT2D eigenvalue weighted by molar-refractivity contribution is -0.140. The highest BCUT2D eigenvalue weighted by molar-refractivity contribution is 6.10. The maximum atomic E-state index is 14.4. The summed E-state index contributed by atoms with van der Waals surface area (Å²) in [5.41, 5.74) is 10.6. The standard InChI is InChI=1S/C34H36N6O4.C33H33N7O3.C9H15NO4/c1-33(2,3)44-32(43)39-16-13-34(14-17-39)25-12-15-35-20-28(25)40(31(34)42)21-27-29(24-9-7-6-8-22(24)18-37-27)23-10-11-26(36-19-23)30(41)38(4)5;1-38(2)29(41)25-8-7-22(18-36-25)28-23-6-4-3-5-21(23)17-37-26(28)20-40-27-19-35-14-9-24(27)32(30(40)42)12-15-39(16-13-32)31(43)33(34)10-11-33;1-8(2,3)14-7(13)10-9(4-5-9)6(11)12/h6-12,15,18-20H,13-14,16-17,21H2,1-5H3;3-9,14,17-19H,10-13,15-16,20,34H2,1-2H3;4-5H2,1-3H3,(H,10,13)(H,11,12). The Labute approximate surface area is 585 Å². The number of benzene rings is 2. The number of aromatic nitrogens is 6. The molecule has 2 aliphatic carbocycles. The number of carbonyl (C=O) groups excluding carboxylic acids is 7. The summed E-state index contributed by atoms with van der Waals surface area (Å²) in [6.07, 6.45) is 17.4. The van der Waals surface area contributed by atoms with E-state index >= 15 is 0 Å². The molecule has 0 bridgehead atoms. The molecular formula is C76H84N14O11. The maximum Gasteiger partial charge on any atom is 0.410 e. The Balaban J connectivity index is 0.000000161. The lowest BCUT2D eigenvalue weighted by atomic mass is 9.74. The fourth-order valence-electron chi connectivity index (χ4n) is 13.8. The van der Waals surface area contributed by atoms with Crippen LogP contribution >= 0.6 is 0 Å². The van der Waals surface area contributed by atoms with Crippen LogP contribution in [0, 0.1) is 0 Å². The van der Waals surface area contributed by atoms with Crippen molar-refractivity contribution in [3.8, 4) is 22.3 Å². The summed E-state index contributed by atoms with van der Waals surface area (Å²) in [7, 11) is 6.78. The molecule has 0 radical (unpaired) electrons. The van der Waals surface area contributed by atoms with Gasteiger partial charge in [-0.05, 0) is 139 Å². The van der Waals surface area contributed by atoms with Gasteiger partial charge in [0.1, 0.15) is 28.1 Å². The minimum absolute atomic E-state index is 0.00226. The van der Waals surface area contributed by atoms with Gasteiger partial charge >= 0.3 is 18.2 Å². The van der Waals surface area contributed by atoms with Crippen LogP contribution in [0.5, 0.6) is 0 Å². The molecule has 25 heteroatoms. The monoisotopic (exact) mass is 1370 g/mol. The molecule has 2 saturated carbocycles. The number of carboxylic acids is 1. The van der Waals surface area contributed by atoms with Crippen molar-refractivity contribution in [2.45, 2.75) is 139 Å². The summed E-state index contributed by atoms with van der Waals surface area (Å²) in [6.45, 7) is 13.0. The van der Waals surface area contributed by atoms with Crippen molar-refractivity contribution in [1.29, 1.82) is 0 Å². The Kier molecular flexibility index (Phi) is 18.7. The Morgan fingerprint density at radius 1 is 0.535 bits per heavy atom. The van der Waals surface area contributed by atoms with Crippen LogP contribution in [0.4, 0.5) is 21.0 Å². The predicted molar refractivity (Wildman–Crippen MR) is 378 cm³/mol. The van der Waals surface area contributed by atoms with Gasteiger partial charge in [0, 0.05) is 125 Å². The summed E-state index contributed by atoms with van der Waals surface area (Å²) in [6, 6.07) is 27.0. The maximum absolute atomic E-state index is 14.4. The first-order valence-corrected chi connectivity index (χ1v) is 33.9. The second kappa shape index (κ2) is 27.0. The summed E-state index contributed by atoms with van der Waals surface area (Å²) >= 11 is 0. The van der Waals surface area contributed by atoms with Crippen LogP contribution in [0.1, 0.15) is 136 Å². The number of amides is 7. The third-order valence-electron chi connectivity index (χ3n) is 19.5. The minimum Gasteiger partial charge on any atom is -0.480 e. The number of piperidine rings is 2. The zero-order chi connectivity index (χ0) is 72.1. The third-order valence-corrected chi connectivity index (χ3v) is 19.5. The molecule has 10 heterocycles. The van der Waals surface area contributed by atoms with Crippen molar-refractivity contribution >= 4 is 80.6 Å². The quantitative estimate of drug-likeness (QED) is 0.108. The molecule has 6 aromatic heterocycles. The molecule has 0 unspecified atom stereocenters. The number of nitrogens with one attached hydrogen (secondary N) is 1. The topological polar surface area (TPSA) is 310 Å². The fourth-order valence-corrected chi connectivity index (χ4v) is 13.8. The van der Waals surface area contributed by atoms with Crippen molar-refractivity contribution in [2.24, 2.45) is 5.73 Å². The second-order valence-corrected chi connectivity index (χ2v) is 29.3. The average molecular weight is 1370 g/mol. The number of nitrogens with two attached hydrogens (primary N) is 1. The van der Waals surface area contributed by atoms with E-state index in [9.17, 15) is 38.4 Å². The van der Waals surface area contributed by atoms with Crippen LogP contribution in [-0.2, 0) is 52.6 Å². The van der Waals surface area contributed by atoms with E-state index in [1.165, 1.54) is 9.80 Å². The molecular weight excluding hydrogens is 1280 g/mol. The molecule has 2 spiro atoms. The molecule has 25 nitrogen and oxygen atoms in total. The van der Waals surface area contributed by atoms with Gasteiger partial charge < -0.3 is 55.0 Å². The highest BCUT2D eigenvalue weighted by Gasteiger charge is 2.57. The van der Waals surface area contributed by atoms with Crippen LogP contribution in [0.25, 0.3) is 43.8 Å². The van der Waals surface area contributed by atoms with Gasteiger partial charge in [-0.15, -0.1) is 0 Å². The lowest BCUT2D eigenvalue weighted by Crippen LogP contribution is -2.54. The van der Waals surface area contributed by atoms with Crippen LogP contribution < -0.4 is 20.9 Å². The van der Waals surface area contributed by atoms with Gasteiger partial charge in [-0.25, -0.2) is 14.4 Å². The highest BCUT2D eigenvalue weighted by Crippen LogP contribution is 2.51. The Morgan fingerprint density at radius 3 is 1.34 bits per heavy atom. The number of nitrogens with zero attached hydrogens (tertiary/aromatic N) is 12. The predicted octanol–water partition coefficient (Wildman–Crippen LogP) is 9.63. The number of hydrogen-bond donors (Lipinski definition) is 3. The number of aliphatic carboxylic acids is 1. The number of rotatable bonds is 11. The molecule has 101 heavy (non-hydrogen) atoms. The first kappa shape index (κ1) is 70.1. The summed E-state index contributed by atoms with van der Waals surface area (Å²) in [4.78, 5) is 139. The molecule has 4 aliphatic heterocycles. The molecule has 4 fully saturated rings. The van der Waals surface area contributed by atoms with E-state index in [2.05, 4.69) is 25.3 Å². The number of carbonyl (C=O) groups is 8. The number of carboxylic acid groups (broad SMARTS) is 1. The first-order valence-electron chi connectivity index (χ1n) is 33.9. The van der Waals surface area contributed by atoms with E-state index in [0.717, 1.165) is 84.8 Å². The van der Waals surface area contributed by atoms with E-state index in [1.54, 1.807) is 113 Å². The average Bonchev–Trinajstić information content (AvgIpc) is 1.58. The number of hydrogen-bond acceptors (Lipinski definition) is 17. The summed E-state index contributed by atoms with van der Waals surface area (Å²) in [5.74, 6) is -1.37. The van der Waals surface area contributed by atoms with Gasteiger partial charge in [-0.3, -0.25) is 53.9 Å². The number of anilines is 2. The van der Waals surface area contributed by atoms with Crippen molar-refractivity contribution in [2.75, 3.05) is 64.2 Å². The molecule has 0 atom stereocenters. The molecule has 6 aliphatic rings. The van der Waals surface area contributed by atoms with Gasteiger partial charge in [0.2, 0.25) is 17.7 Å². The third kappa shape index (κ3) is 14.0. The number of likely N-dealkylation sites (tertiary alicyclic amines) is 2. The molecule has 7 amide bonds. The van der Waals surface area contributed by atoms with Gasteiger partial charge in [-0.1, -0.05) is 60.7 Å². The van der Waals surface area contributed by atoms with Crippen molar-refractivity contribution in [1.82, 2.24) is 54.8 Å². The van der Waals surface area contributed by atoms with E-state index < -0.39 is 45.2 Å². The van der Waals surface area contributed by atoms with E-state index in [0.29, 0.717) is 81.8 Å². The van der Waals surface area contributed by atoms with Gasteiger partial charge in [0.05, 0.1) is 64.6 Å². The number of ether oxygens (including phenoxy) is 2. The number of pyridine rings is 6. The summed E-state index contributed by atoms with van der Waals surface area (Å²) in [5, 5.41) is 15.0. The zero-order valence-corrected chi connectivity index (χ0v) is 58.6. The molecule has 2 aromatic carbocycles. The largest absolute Gasteiger partial charge is 0.480 e. The number of fused-ring (bicyclic) bond motifs is 6. The van der Waals surface area contributed by atoms with Crippen LogP contribution in [0.15, 0.2) is 135 Å². The second-order valence-electron chi connectivity index (χ2n) is 29.3. The molecule has 2 saturated heterocycles. The first-order chi connectivity index (χ1) is 47.9. The lowest BCUT2D eigenvalue weighted by Gasteiger charge is -2.39. The van der Waals surface area contributed by atoms with Gasteiger partial charge in [-0.2, -0.15) is 0 Å². The Bertz CT molecular complexity index is 4580. The zero-order valence-electron chi connectivity index (χ0n) is 58.6. The number of alkyl carbamates (subject to hydrolysis) is 1. The van der Waals surface area contributed by atoms with Crippen LogP contribution in [0.2, 0.25) is 0 Å². The Hall–Kier alpha value is -10.8. The van der Waals surface area contributed by atoms with Crippen molar-refractivity contribution in [3.05, 3.63) is 168 Å². The van der Waals surface area contributed by atoms with E-state index in [-0.39, 0.29) is 48.7 Å². The van der Waals surface area contributed by atoms with Crippen LogP contribution in [0.3, 0.4) is 0 Å². The van der Waals surface area contributed by atoms with E-state index in [1.807, 2.05) is 111 Å². The molecule has 14 rings (SSSR count). The van der Waals surface area contributed by atoms with Crippen LogP contribution in [-0.4, -0.2) is 179 Å². The van der Waals surface area contributed by atoms with Crippen molar-refractivity contribution < 1.29 is 52.9 Å².